The quantitative estimate of drug-likeness (QED) is 0.721. The van der Waals surface area contributed by atoms with Crippen molar-refractivity contribution in [2.24, 2.45) is 0 Å². The van der Waals surface area contributed by atoms with Crippen molar-refractivity contribution in [1.29, 1.82) is 0 Å². The topological polar surface area (TPSA) is 66.0 Å². The Hall–Kier alpha value is -2.62. The number of fused-ring (bicyclic) bond motifs is 1. The number of benzene rings is 1. The number of carboxylic acids is 1. The Balaban J connectivity index is 2.27. The van der Waals surface area contributed by atoms with Gasteiger partial charge in [-0.25, -0.2) is 4.79 Å². The first-order valence-corrected chi connectivity index (χ1v) is 5.51. The summed E-state index contributed by atoms with van der Waals surface area (Å²) >= 11 is 0. The van der Waals surface area contributed by atoms with E-state index in [0.717, 1.165) is 22.0 Å². The van der Waals surface area contributed by atoms with Gasteiger partial charge >= 0.3 is 5.97 Å². The van der Waals surface area contributed by atoms with Crippen molar-refractivity contribution < 1.29 is 9.90 Å². The number of nitrogens with zero attached hydrogens (tertiary/aromatic N) is 1. The summed E-state index contributed by atoms with van der Waals surface area (Å²) in [5, 5.41) is 9.86. The van der Waals surface area contributed by atoms with E-state index in [0.29, 0.717) is 0 Å². The van der Waals surface area contributed by atoms with Crippen molar-refractivity contribution in [3.63, 3.8) is 0 Å². The fraction of sp³-hybridized carbons (Fsp3) is 0. The van der Waals surface area contributed by atoms with Crippen LogP contribution in [0.3, 0.4) is 0 Å². The lowest BCUT2D eigenvalue weighted by atomic mass is 10.0. The van der Waals surface area contributed by atoms with Gasteiger partial charge in [0.1, 0.15) is 5.69 Å². The second kappa shape index (κ2) is 4.00. The second-order valence-electron chi connectivity index (χ2n) is 4.00. The Bertz CT molecular complexity index is 717. The minimum Gasteiger partial charge on any atom is -0.477 e. The molecule has 1 aromatic carbocycles. The highest BCUT2D eigenvalue weighted by Crippen LogP contribution is 2.27. The van der Waals surface area contributed by atoms with E-state index in [4.69, 9.17) is 5.11 Å². The third-order valence-corrected chi connectivity index (χ3v) is 2.86. The number of carbonyl (C=O) groups is 1. The molecule has 0 bridgehead atoms. The van der Waals surface area contributed by atoms with Crippen LogP contribution in [0.1, 0.15) is 10.5 Å². The molecule has 0 saturated heterocycles. The minimum absolute atomic E-state index is 0.176. The molecule has 0 spiro atoms. The SMILES string of the molecule is O=C(O)c1cc2c(-c3ccccc3)cncc2[nH]1. The van der Waals surface area contributed by atoms with Crippen LogP contribution in [0.2, 0.25) is 0 Å². The van der Waals surface area contributed by atoms with Crippen molar-refractivity contribution in [3.05, 3.63) is 54.5 Å². The smallest absolute Gasteiger partial charge is 0.352 e. The first-order chi connectivity index (χ1) is 8.75. The van der Waals surface area contributed by atoms with E-state index in [2.05, 4.69) is 9.97 Å². The molecule has 0 aliphatic carbocycles. The first kappa shape index (κ1) is 10.5. The number of rotatable bonds is 2. The van der Waals surface area contributed by atoms with Gasteiger partial charge in [0.2, 0.25) is 0 Å². The molecular formula is C14H10N2O2. The molecule has 2 aromatic heterocycles. The van der Waals surface area contributed by atoms with Crippen LogP contribution in [0.5, 0.6) is 0 Å². The first-order valence-electron chi connectivity index (χ1n) is 5.51. The van der Waals surface area contributed by atoms with Crippen LogP contribution < -0.4 is 0 Å². The zero-order valence-electron chi connectivity index (χ0n) is 9.42. The molecule has 0 aliphatic heterocycles. The summed E-state index contributed by atoms with van der Waals surface area (Å²) in [4.78, 5) is 17.9. The Labute approximate surface area is 103 Å². The lowest BCUT2D eigenvalue weighted by Crippen LogP contribution is -1.94. The summed E-state index contributed by atoms with van der Waals surface area (Å²) in [6.07, 6.45) is 3.38. The van der Waals surface area contributed by atoms with E-state index >= 15 is 0 Å². The number of aromatic carboxylic acids is 1. The van der Waals surface area contributed by atoms with E-state index < -0.39 is 5.97 Å². The molecular weight excluding hydrogens is 228 g/mol. The van der Waals surface area contributed by atoms with Gasteiger partial charge in [0.05, 0.1) is 11.7 Å². The van der Waals surface area contributed by atoms with Gasteiger partial charge in [0.15, 0.2) is 0 Å². The maximum absolute atomic E-state index is 11.0. The van der Waals surface area contributed by atoms with E-state index in [1.165, 1.54) is 0 Å². The fourth-order valence-electron chi connectivity index (χ4n) is 2.01. The molecule has 4 nitrogen and oxygen atoms in total. The summed E-state index contributed by atoms with van der Waals surface area (Å²) in [5.41, 5.74) is 2.85. The average molecular weight is 238 g/mol. The van der Waals surface area contributed by atoms with Gasteiger partial charge in [0.25, 0.3) is 0 Å². The maximum Gasteiger partial charge on any atom is 0.352 e. The molecule has 0 radical (unpaired) electrons. The normalized spacial score (nSPS) is 10.7. The summed E-state index contributed by atoms with van der Waals surface area (Å²) in [5.74, 6) is -0.967. The van der Waals surface area contributed by atoms with Crippen LogP contribution in [-0.2, 0) is 0 Å². The Morgan fingerprint density at radius 3 is 2.67 bits per heavy atom. The maximum atomic E-state index is 11.0. The number of hydrogen-bond acceptors (Lipinski definition) is 2. The molecule has 0 fully saturated rings. The van der Waals surface area contributed by atoms with E-state index in [1.807, 2.05) is 30.3 Å². The highest BCUT2D eigenvalue weighted by atomic mass is 16.4. The molecule has 88 valence electrons. The van der Waals surface area contributed by atoms with E-state index in [1.54, 1.807) is 18.5 Å². The summed E-state index contributed by atoms with van der Waals surface area (Å²) in [6.45, 7) is 0. The third kappa shape index (κ3) is 1.64. The van der Waals surface area contributed by atoms with Crippen LogP contribution in [0, 0.1) is 0 Å². The van der Waals surface area contributed by atoms with Crippen LogP contribution in [0.4, 0.5) is 0 Å². The third-order valence-electron chi connectivity index (χ3n) is 2.86. The molecule has 4 heteroatoms. The number of aromatic nitrogens is 2. The predicted molar refractivity (Wildman–Crippen MR) is 68.5 cm³/mol. The number of H-pyrrole nitrogens is 1. The standard InChI is InChI=1S/C14H10N2O2/c17-14(18)12-6-10-11(7-15-8-13(10)16-12)9-4-2-1-3-5-9/h1-8,16H,(H,17,18). The fourth-order valence-corrected chi connectivity index (χ4v) is 2.01. The monoisotopic (exact) mass is 238 g/mol. The Morgan fingerprint density at radius 2 is 1.94 bits per heavy atom. The molecule has 2 heterocycles. The average Bonchev–Trinajstić information content (AvgIpc) is 2.83. The molecule has 0 saturated carbocycles. The summed E-state index contributed by atoms with van der Waals surface area (Å²) in [7, 11) is 0. The number of pyridine rings is 1. The molecule has 3 aromatic rings. The number of hydrogen-bond donors (Lipinski definition) is 2. The molecule has 0 amide bonds. The van der Waals surface area contributed by atoms with Crippen molar-refractivity contribution in [3.8, 4) is 11.1 Å². The minimum atomic E-state index is -0.967. The lowest BCUT2D eigenvalue weighted by Gasteiger charge is -2.01. The van der Waals surface area contributed by atoms with Gasteiger partial charge in [-0.05, 0) is 11.6 Å². The Morgan fingerprint density at radius 1 is 1.17 bits per heavy atom. The van der Waals surface area contributed by atoms with Crippen LogP contribution in [0.25, 0.3) is 22.0 Å². The van der Waals surface area contributed by atoms with Crippen molar-refractivity contribution in [1.82, 2.24) is 9.97 Å². The highest BCUT2D eigenvalue weighted by Gasteiger charge is 2.11. The highest BCUT2D eigenvalue weighted by molar-refractivity contribution is 6.00. The van der Waals surface area contributed by atoms with Crippen molar-refractivity contribution >= 4 is 16.9 Å². The molecule has 18 heavy (non-hydrogen) atoms. The Kier molecular flexibility index (Phi) is 2.34. The predicted octanol–water partition coefficient (Wildman–Crippen LogP) is 2.93. The van der Waals surface area contributed by atoms with E-state index in [9.17, 15) is 4.79 Å². The number of nitrogens with one attached hydrogen (secondary N) is 1. The van der Waals surface area contributed by atoms with Crippen LogP contribution in [-0.4, -0.2) is 21.0 Å². The van der Waals surface area contributed by atoms with Gasteiger partial charge in [0, 0.05) is 17.1 Å². The summed E-state index contributed by atoms with van der Waals surface area (Å²) < 4.78 is 0. The molecule has 3 rings (SSSR count). The zero-order chi connectivity index (χ0) is 12.5. The molecule has 2 N–H and O–H groups in total. The van der Waals surface area contributed by atoms with Crippen LogP contribution >= 0.6 is 0 Å². The second-order valence-corrected chi connectivity index (χ2v) is 4.00. The van der Waals surface area contributed by atoms with Crippen molar-refractivity contribution in [2.45, 2.75) is 0 Å². The van der Waals surface area contributed by atoms with E-state index in [-0.39, 0.29) is 5.69 Å². The molecule has 0 atom stereocenters. The lowest BCUT2D eigenvalue weighted by molar-refractivity contribution is 0.0691. The van der Waals surface area contributed by atoms with Gasteiger partial charge in [-0.2, -0.15) is 0 Å². The zero-order valence-corrected chi connectivity index (χ0v) is 9.42. The van der Waals surface area contributed by atoms with Gasteiger partial charge < -0.3 is 10.1 Å². The van der Waals surface area contributed by atoms with Gasteiger partial charge in [-0.3, -0.25) is 4.98 Å². The van der Waals surface area contributed by atoms with Gasteiger partial charge in [-0.15, -0.1) is 0 Å². The van der Waals surface area contributed by atoms with Crippen molar-refractivity contribution in [2.75, 3.05) is 0 Å². The van der Waals surface area contributed by atoms with Crippen LogP contribution in [0.15, 0.2) is 48.8 Å². The van der Waals surface area contributed by atoms with Gasteiger partial charge in [-0.1, -0.05) is 30.3 Å². The number of carboxylic acid groups (broad SMARTS) is 1. The summed E-state index contributed by atoms with van der Waals surface area (Å²) in [6, 6.07) is 11.4. The number of aromatic amines is 1. The largest absolute Gasteiger partial charge is 0.477 e. The molecule has 0 unspecified atom stereocenters. The molecule has 0 aliphatic rings.